The molecule has 1 saturated heterocycles. The van der Waals surface area contributed by atoms with Gasteiger partial charge < -0.3 is 9.64 Å². The fourth-order valence-electron chi connectivity index (χ4n) is 3.67. The van der Waals surface area contributed by atoms with Crippen LogP contribution in [0, 0.1) is 17.2 Å². The number of carbonyl (C=O) groups is 1. The van der Waals surface area contributed by atoms with Crippen LogP contribution >= 0.6 is 0 Å². The highest BCUT2D eigenvalue weighted by molar-refractivity contribution is 5.76. The fraction of sp³-hybridized carbons (Fsp3) is 0.391. The second kappa shape index (κ2) is 9.23. The number of methoxy groups -OCH3 is 1. The number of benzene rings is 2. The van der Waals surface area contributed by atoms with Crippen LogP contribution in [0.4, 0.5) is 0 Å². The molecule has 3 rings (SSSR count). The Morgan fingerprint density at radius 3 is 2.56 bits per heavy atom. The van der Waals surface area contributed by atoms with Crippen molar-refractivity contribution in [3.05, 3.63) is 65.2 Å². The Morgan fingerprint density at radius 2 is 1.89 bits per heavy atom. The number of nitrogens with zero attached hydrogens (tertiary/aromatic N) is 2. The van der Waals surface area contributed by atoms with E-state index in [2.05, 4.69) is 18.2 Å². The van der Waals surface area contributed by atoms with E-state index in [4.69, 9.17) is 10.00 Å². The van der Waals surface area contributed by atoms with Gasteiger partial charge in [0.25, 0.3) is 0 Å². The number of hydrogen-bond donors (Lipinski definition) is 0. The van der Waals surface area contributed by atoms with Gasteiger partial charge in [0.1, 0.15) is 5.75 Å². The summed E-state index contributed by atoms with van der Waals surface area (Å²) in [7, 11) is 1.70. The second-order valence-corrected chi connectivity index (χ2v) is 7.19. The molecule has 0 aliphatic carbocycles. The zero-order chi connectivity index (χ0) is 19.1. The van der Waals surface area contributed by atoms with Gasteiger partial charge >= 0.3 is 0 Å². The summed E-state index contributed by atoms with van der Waals surface area (Å²) >= 11 is 0. The minimum absolute atomic E-state index is 0.235. The van der Waals surface area contributed by atoms with Crippen LogP contribution in [-0.4, -0.2) is 31.0 Å². The Balaban J connectivity index is 1.43. The van der Waals surface area contributed by atoms with Crippen molar-refractivity contribution in [3.8, 4) is 11.8 Å². The quantitative estimate of drug-likeness (QED) is 0.781. The van der Waals surface area contributed by atoms with Crippen LogP contribution in [0.1, 0.15) is 36.0 Å². The highest BCUT2D eigenvalue weighted by Crippen LogP contribution is 2.24. The van der Waals surface area contributed by atoms with Gasteiger partial charge in [0.2, 0.25) is 5.91 Å². The summed E-state index contributed by atoms with van der Waals surface area (Å²) in [5.41, 5.74) is 3.07. The maximum atomic E-state index is 12.5. The Bertz CT molecular complexity index is 800. The van der Waals surface area contributed by atoms with E-state index >= 15 is 0 Å². The average Bonchev–Trinajstić information content (AvgIpc) is 2.73. The summed E-state index contributed by atoms with van der Waals surface area (Å²) in [5.74, 6) is 1.77. The third-order valence-electron chi connectivity index (χ3n) is 5.34. The van der Waals surface area contributed by atoms with Crippen LogP contribution in [0.2, 0.25) is 0 Å². The second-order valence-electron chi connectivity index (χ2n) is 7.19. The monoisotopic (exact) mass is 362 g/mol. The smallest absolute Gasteiger partial charge is 0.222 e. The highest BCUT2D eigenvalue weighted by Gasteiger charge is 2.22. The number of nitriles is 1. The third-order valence-corrected chi connectivity index (χ3v) is 5.34. The first-order chi connectivity index (χ1) is 13.2. The average molecular weight is 362 g/mol. The lowest BCUT2D eigenvalue weighted by Crippen LogP contribution is -2.39. The van der Waals surface area contributed by atoms with Gasteiger partial charge in [-0.15, -0.1) is 0 Å². The lowest BCUT2D eigenvalue weighted by atomic mass is 9.90. The van der Waals surface area contributed by atoms with E-state index in [-0.39, 0.29) is 5.91 Å². The predicted molar refractivity (Wildman–Crippen MR) is 105 cm³/mol. The van der Waals surface area contributed by atoms with Crippen molar-refractivity contribution in [1.82, 2.24) is 4.90 Å². The molecule has 4 heteroatoms. The third kappa shape index (κ3) is 5.34. The molecule has 0 spiro atoms. The minimum Gasteiger partial charge on any atom is -0.497 e. The Hall–Kier alpha value is -2.80. The molecule has 2 aromatic rings. The summed E-state index contributed by atoms with van der Waals surface area (Å²) in [6.07, 6.45) is 4.42. The van der Waals surface area contributed by atoms with Gasteiger partial charge in [-0.05, 0) is 67.0 Å². The van der Waals surface area contributed by atoms with Crippen molar-refractivity contribution in [2.24, 2.45) is 5.92 Å². The van der Waals surface area contributed by atoms with E-state index in [0.717, 1.165) is 50.1 Å². The Labute approximate surface area is 161 Å². The van der Waals surface area contributed by atoms with Crippen molar-refractivity contribution in [3.63, 3.8) is 0 Å². The first-order valence-electron chi connectivity index (χ1n) is 9.57. The van der Waals surface area contributed by atoms with Crippen LogP contribution in [0.15, 0.2) is 48.5 Å². The minimum atomic E-state index is 0.235. The molecule has 4 nitrogen and oxygen atoms in total. The van der Waals surface area contributed by atoms with E-state index in [9.17, 15) is 4.79 Å². The molecule has 0 radical (unpaired) electrons. The maximum absolute atomic E-state index is 12.5. The van der Waals surface area contributed by atoms with Crippen LogP contribution in [-0.2, 0) is 17.6 Å². The predicted octanol–water partition coefficient (Wildman–Crippen LogP) is 3.98. The molecule has 0 N–H and O–H groups in total. The number of hydrogen-bond acceptors (Lipinski definition) is 3. The molecule has 0 unspecified atom stereocenters. The summed E-state index contributed by atoms with van der Waals surface area (Å²) in [6.45, 7) is 1.70. The molecule has 2 aromatic carbocycles. The summed E-state index contributed by atoms with van der Waals surface area (Å²) in [4.78, 5) is 14.5. The van der Waals surface area contributed by atoms with Crippen molar-refractivity contribution < 1.29 is 9.53 Å². The first-order valence-corrected chi connectivity index (χ1v) is 9.57. The molecule has 0 saturated carbocycles. The zero-order valence-electron chi connectivity index (χ0n) is 15.9. The lowest BCUT2D eigenvalue weighted by Gasteiger charge is -2.32. The Kier molecular flexibility index (Phi) is 6.49. The standard InChI is InChI=1S/C23H26N2O2/c1-27-22-4-2-3-21(16-22)15-19-11-13-25(14-12-19)23(26)10-9-18-5-7-20(17-24)8-6-18/h2-8,16,19H,9-15H2,1H3. The molecule has 27 heavy (non-hydrogen) atoms. The normalized spacial score (nSPS) is 14.6. The van der Waals surface area contributed by atoms with Crippen LogP contribution in [0.3, 0.4) is 0 Å². The van der Waals surface area contributed by atoms with E-state index < -0.39 is 0 Å². The number of rotatable bonds is 6. The van der Waals surface area contributed by atoms with Gasteiger partial charge in [-0.3, -0.25) is 4.79 Å². The van der Waals surface area contributed by atoms with Crippen molar-refractivity contribution in [1.29, 1.82) is 5.26 Å². The number of piperidine rings is 1. The zero-order valence-corrected chi connectivity index (χ0v) is 15.9. The molecule has 0 bridgehead atoms. The van der Waals surface area contributed by atoms with Crippen LogP contribution in [0.5, 0.6) is 5.75 Å². The number of aryl methyl sites for hydroxylation is 1. The largest absolute Gasteiger partial charge is 0.497 e. The summed E-state index contributed by atoms with van der Waals surface area (Å²) < 4.78 is 5.30. The molecule has 1 aliphatic heterocycles. The topological polar surface area (TPSA) is 53.3 Å². The van der Waals surface area contributed by atoms with Gasteiger partial charge in [-0.25, -0.2) is 0 Å². The van der Waals surface area contributed by atoms with Crippen molar-refractivity contribution in [2.45, 2.75) is 32.1 Å². The summed E-state index contributed by atoms with van der Waals surface area (Å²) in [5, 5.41) is 8.84. The molecular formula is C23H26N2O2. The molecular weight excluding hydrogens is 336 g/mol. The van der Waals surface area contributed by atoms with Gasteiger partial charge in [0.15, 0.2) is 0 Å². The van der Waals surface area contributed by atoms with Crippen molar-refractivity contribution >= 4 is 5.91 Å². The molecule has 1 fully saturated rings. The first kappa shape index (κ1) is 19.0. The summed E-state index contributed by atoms with van der Waals surface area (Å²) in [6, 6.07) is 17.9. The number of carbonyl (C=O) groups excluding carboxylic acids is 1. The Morgan fingerprint density at radius 1 is 1.15 bits per heavy atom. The number of amides is 1. The molecule has 1 aliphatic rings. The molecule has 0 aromatic heterocycles. The van der Waals surface area contributed by atoms with Gasteiger partial charge in [-0.1, -0.05) is 24.3 Å². The molecule has 140 valence electrons. The number of likely N-dealkylation sites (tertiary alicyclic amines) is 1. The lowest BCUT2D eigenvalue weighted by molar-refractivity contribution is -0.132. The van der Waals surface area contributed by atoms with Gasteiger partial charge in [0.05, 0.1) is 18.7 Å². The van der Waals surface area contributed by atoms with Gasteiger partial charge in [0, 0.05) is 19.5 Å². The SMILES string of the molecule is COc1cccc(CC2CCN(C(=O)CCc3ccc(C#N)cc3)CC2)c1. The highest BCUT2D eigenvalue weighted by atomic mass is 16.5. The van der Waals surface area contributed by atoms with Crippen LogP contribution in [0.25, 0.3) is 0 Å². The van der Waals surface area contributed by atoms with E-state index in [1.807, 2.05) is 41.3 Å². The fourth-order valence-corrected chi connectivity index (χ4v) is 3.67. The van der Waals surface area contributed by atoms with E-state index in [1.54, 1.807) is 7.11 Å². The van der Waals surface area contributed by atoms with Crippen molar-refractivity contribution in [2.75, 3.05) is 20.2 Å². The molecule has 0 atom stereocenters. The van der Waals surface area contributed by atoms with E-state index in [0.29, 0.717) is 17.9 Å². The molecule has 1 heterocycles. The van der Waals surface area contributed by atoms with Crippen LogP contribution < -0.4 is 4.74 Å². The number of ether oxygens (including phenoxy) is 1. The maximum Gasteiger partial charge on any atom is 0.222 e. The molecule has 1 amide bonds. The van der Waals surface area contributed by atoms with E-state index in [1.165, 1.54) is 5.56 Å². The van der Waals surface area contributed by atoms with Gasteiger partial charge in [-0.2, -0.15) is 5.26 Å².